The summed E-state index contributed by atoms with van der Waals surface area (Å²) in [7, 11) is 0. The molecule has 0 amide bonds. The quantitative estimate of drug-likeness (QED) is 0.231. The molecule has 0 saturated heterocycles. The monoisotopic (exact) mass is 431 g/mol. The summed E-state index contributed by atoms with van der Waals surface area (Å²) >= 11 is 0. The highest BCUT2D eigenvalue weighted by molar-refractivity contribution is 6.11. The van der Waals surface area contributed by atoms with E-state index in [2.05, 4.69) is 95.6 Å². The Bertz CT molecular complexity index is 1880. The fourth-order valence-corrected chi connectivity index (χ4v) is 7.03. The second-order valence-corrected chi connectivity index (χ2v) is 10.1. The van der Waals surface area contributed by atoms with Gasteiger partial charge in [-0.05, 0) is 92.7 Å². The number of fused-ring (bicyclic) bond motifs is 12. The van der Waals surface area contributed by atoms with Crippen LogP contribution in [-0.4, -0.2) is 4.57 Å². The highest BCUT2D eigenvalue weighted by atomic mass is 15.0. The number of hydrogen-bond acceptors (Lipinski definition) is 0. The molecule has 0 saturated carbocycles. The van der Waals surface area contributed by atoms with Gasteiger partial charge in [-0.2, -0.15) is 0 Å². The molecule has 158 valence electrons. The topological polar surface area (TPSA) is 4.93 Å². The third-order valence-electron chi connectivity index (χ3n) is 8.47. The molecule has 1 aliphatic heterocycles. The van der Waals surface area contributed by atoms with Gasteiger partial charge < -0.3 is 4.57 Å². The molecule has 6 aromatic rings. The molecule has 5 aromatic carbocycles. The summed E-state index contributed by atoms with van der Waals surface area (Å²) < 4.78 is 2.53. The van der Waals surface area contributed by atoms with Gasteiger partial charge in [0.15, 0.2) is 0 Å². The summed E-state index contributed by atoms with van der Waals surface area (Å²) in [6.07, 6.45) is 3.11. The average molecular weight is 432 g/mol. The lowest BCUT2D eigenvalue weighted by Gasteiger charge is -2.23. The van der Waals surface area contributed by atoms with E-state index in [1.807, 2.05) is 0 Å². The Morgan fingerprint density at radius 3 is 2.18 bits per heavy atom. The molecule has 0 atom stereocenters. The number of benzene rings is 5. The third kappa shape index (κ3) is 1.98. The van der Waals surface area contributed by atoms with Crippen LogP contribution in [0.15, 0.2) is 91.0 Å². The van der Waals surface area contributed by atoms with E-state index in [4.69, 9.17) is 0 Å². The van der Waals surface area contributed by atoms with E-state index < -0.39 is 0 Å². The molecule has 0 spiro atoms. The van der Waals surface area contributed by atoms with Gasteiger partial charge in [-0.3, -0.25) is 0 Å². The Hall–Kier alpha value is -4.10. The van der Waals surface area contributed by atoms with Crippen LogP contribution in [0.1, 0.15) is 33.4 Å². The number of nitrogens with zero attached hydrogens (tertiary/aromatic N) is 1. The Labute approximate surface area is 197 Å². The molecule has 34 heavy (non-hydrogen) atoms. The van der Waals surface area contributed by atoms with E-state index in [1.54, 1.807) is 0 Å². The van der Waals surface area contributed by atoms with Crippen molar-refractivity contribution in [3.8, 4) is 27.9 Å². The molecule has 0 N–H and O–H groups in total. The number of rotatable bonds is 0. The Morgan fingerprint density at radius 1 is 0.471 bits per heavy atom. The number of hydrogen-bond donors (Lipinski definition) is 0. The predicted molar refractivity (Wildman–Crippen MR) is 140 cm³/mol. The van der Waals surface area contributed by atoms with E-state index in [1.165, 1.54) is 83.1 Å². The van der Waals surface area contributed by atoms with Crippen LogP contribution in [0.3, 0.4) is 0 Å². The molecular weight excluding hydrogens is 410 g/mol. The summed E-state index contributed by atoms with van der Waals surface area (Å²) in [5.74, 6) is 0. The summed E-state index contributed by atoms with van der Waals surface area (Å²) in [5, 5.41) is 2.73. The van der Waals surface area contributed by atoms with E-state index in [0.717, 1.165) is 19.3 Å². The van der Waals surface area contributed by atoms with Crippen LogP contribution in [0.4, 0.5) is 0 Å². The molecule has 2 aliphatic carbocycles. The van der Waals surface area contributed by atoms with Gasteiger partial charge in [-0.1, -0.05) is 66.7 Å². The van der Waals surface area contributed by atoms with Crippen LogP contribution < -0.4 is 0 Å². The van der Waals surface area contributed by atoms with Crippen molar-refractivity contribution in [1.29, 1.82) is 0 Å². The van der Waals surface area contributed by atoms with Crippen molar-refractivity contribution in [2.45, 2.75) is 19.3 Å². The molecule has 1 aromatic heterocycles. The van der Waals surface area contributed by atoms with Gasteiger partial charge in [0.05, 0.1) is 16.7 Å². The molecule has 1 nitrogen and oxygen atoms in total. The Morgan fingerprint density at radius 2 is 1.21 bits per heavy atom. The summed E-state index contributed by atoms with van der Waals surface area (Å²) in [6.45, 7) is 0. The molecule has 1 heteroatoms. The van der Waals surface area contributed by atoms with Crippen LogP contribution >= 0.6 is 0 Å². The first-order valence-corrected chi connectivity index (χ1v) is 12.3. The Balaban J connectivity index is 1.29. The molecular formula is C33H21N. The van der Waals surface area contributed by atoms with E-state index >= 15 is 0 Å². The second-order valence-electron chi connectivity index (χ2n) is 10.1. The molecule has 0 bridgehead atoms. The minimum absolute atomic E-state index is 1.02. The van der Waals surface area contributed by atoms with E-state index in [-0.39, 0.29) is 0 Å². The van der Waals surface area contributed by atoms with Crippen LogP contribution in [0, 0.1) is 0 Å². The molecule has 9 rings (SSSR count). The maximum atomic E-state index is 2.53. The first-order chi connectivity index (χ1) is 16.8. The maximum Gasteiger partial charge on any atom is 0.0576 e. The fourth-order valence-electron chi connectivity index (χ4n) is 7.03. The minimum atomic E-state index is 1.02. The normalized spacial score (nSPS) is 14.1. The number of para-hydroxylation sites is 2. The van der Waals surface area contributed by atoms with Gasteiger partial charge in [-0.15, -0.1) is 0 Å². The van der Waals surface area contributed by atoms with Crippen LogP contribution in [0.5, 0.6) is 0 Å². The van der Waals surface area contributed by atoms with Crippen LogP contribution in [0.2, 0.25) is 0 Å². The second kappa shape index (κ2) is 5.87. The van der Waals surface area contributed by atoms with Gasteiger partial charge in [0.1, 0.15) is 0 Å². The third-order valence-corrected chi connectivity index (χ3v) is 8.47. The largest absolute Gasteiger partial charge is 0.309 e. The van der Waals surface area contributed by atoms with Crippen molar-refractivity contribution < 1.29 is 0 Å². The minimum Gasteiger partial charge on any atom is -0.309 e. The lowest BCUT2D eigenvalue weighted by Crippen LogP contribution is -2.10. The fraction of sp³-hybridized carbons (Fsp3) is 0.0909. The zero-order valence-electron chi connectivity index (χ0n) is 18.7. The van der Waals surface area contributed by atoms with E-state index in [9.17, 15) is 0 Å². The van der Waals surface area contributed by atoms with Gasteiger partial charge in [0.25, 0.3) is 0 Å². The van der Waals surface area contributed by atoms with Crippen LogP contribution in [-0.2, 0) is 19.3 Å². The Kier molecular flexibility index (Phi) is 3.00. The average Bonchev–Trinajstić information content (AvgIpc) is 3.53. The smallest absolute Gasteiger partial charge is 0.0576 e. The summed E-state index contributed by atoms with van der Waals surface area (Å²) in [6, 6.07) is 34.4. The SMILES string of the molecule is c1ccc2c(c1)Cc1cc3c(cc1-2)Cc1c-3ccc2c1Cc1cccc3c4ccccc4n-2c13. The highest BCUT2D eigenvalue weighted by Crippen LogP contribution is 2.48. The van der Waals surface area contributed by atoms with Crippen molar-refractivity contribution >= 4 is 21.8 Å². The van der Waals surface area contributed by atoms with Crippen molar-refractivity contribution in [3.63, 3.8) is 0 Å². The highest BCUT2D eigenvalue weighted by Gasteiger charge is 2.30. The van der Waals surface area contributed by atoms with Crippen molar-refractivity contribution in [2.75, 3.05) is 0 Å². The first-order valence-electron chi connectivity index (χ1n) is 12.3. The maximum absolute atomic E-state index is 2.53. The molecule has 0 unspecified atom stereocenters. The van der Waals surface area contributed by atoms with Crippen LogP contribution in [0.25, 0.3) is 49.7 Å². The summed E-state index contributed by atoms with van der Waals surface area (Å²) in [4.78, 5) is 0. The molecule has 2 heterocycles. The number of aromatic nitrogens is 1. The standard InChI is InChI=1S/C33H21N/c1-2-8-23-19(6-1)14-21-16-28-22(17-27(21)23)18-29-24(28)12-13-32-30(29)15-20-7-5-10-26-25-9-3-4-11-31(25)34(32)33(20)26/h1-13,16-17H,14-15,18H2. The van der Waals surface area contributed by atoms with Gasteiger partial charge in [0.2, 0.25) is 0 Å². The first kappa shape index (κ1) is 17.4. The summed E-state index contributed by atoms with van der Waals surface area (Å²) in [5.41, 5.74) is 18.8. The van der Waals surface area contributed by atoms with E-state index in [0.29, 0.717) is 0 Å². The lowest BCUT2D eigenvalue weighted by atomic mass is 9.91. The zero-order valence-corrected chi connectivity index (χ0v) is 18.7. The van der Waals surface area contributed by atoms with Crippen molar-refractivity contribution in [2.24, 2.45) is 0 Å². The predicted octanol–water partition coefficient (Wildman–Crippen LogP) is 7.83. The molecule has 3 aliphatic rings. The van der Waals surface area contributed by atoms with Gasteiger partial charge in [0, 0.05) is 17.2 Å². The van der Waals surface area contributed by atoms with Crippen molar-refractivity contribution in [3.05, 3.63) is 124 Å². The van der Waals surface area contributed by atoms with Crippen molar-refractivity contribution in [1.82, 2.24) is 4.57 Å². The molecule has 0 fully saturated rings. The lowest BCUT2D eigenvalue weighted by molar-refractivity contribution is 1.02. The van der Waals surface area contributed by atoms with Gasteiger partial charge >= 0.3 is 0 Å². The van der Waals surface area contributed by atoms with Gasteiger partial charge in [-0.25, -0.2) is 0 Å². The molecule has 0 radical (unpaired) electrons. The zero-order chi connectivity index (χ0) is 22.0.